The number of carbonyl (C=O) groups excluding carboxylic acids is 1. The fraction of sp³-hybridized carbons (Fsp3) is 0.429. The van der Waals surface area contributed by atoms with Gasteiger partial charge in [0.25, 0.3) is 0 Å². The van der Waals surface area contributed by atoms with Gasteiger partial charge in [0, 0.05) is 11.6 Å². The lowest BCUT2D eigenvalue weighted by Crippen LogP contribution is -2.17. The van der Waals surface area contributed by atoms with Gasteiger partial charge >= 0.3 is 5.97 Å². The molecule has 2 aromatic rings. The highest BCUT2D eigenvalue weighted by molar-refractivity contribution is 5.90. The van der Waals surface area contributed by atoms with Gasteiger partial charge < -0.3 is 9.47 Å². The van der Waals surface area contributed by atoms with Crippen LogP contribution in [-0.2, 0) is 4.74 Å². The maximum Gasteiger partial charge on any atom is 0.337 e. The van der Waals surface area contributed by atoms with Crippen LogP contribution in [0.25, 0.3) is 11.1 Å². The molecule has 0 N–H and O–H groups in total. The Labute approximate surface area is 153 Å². The first kappa shape index (κ1) is 18.4. The number of benzene rings is 1. The molecule has 138 valence electrons. The molecular weight excluding hydrogens is 333 g/mol. The summed E-state index contributed by atoms with van der Waals surface area (Å²) in [6.07, 6.45) is 4.39. The fourth-order valence-electron chi connectivity index (χ4n) is 3.98. The summed E-state index contributed by atoms with van der Waals surface area (Å²) in [4.78, 5) is 16.0. The number of hydrogen-bond donors (Lipinski definition) is 0. The van der Waals surface area contributed by atoms with Gasteiger partial charge in [0.2, 0.25) is 5.88 Å². The normalized spacial score (nSPS) is 18.6. The van der Waals surface area contributed by atoms with Crippen LogP contribution < -0.4 is 4.74 Å². The molecule has 1 aliphatic carbocycles. The molecule has 5 heteroatoms. The zero-order chi connectivity index (χ0) is 18.9. The van der Waals surface area contributed by atoms with Gasteiger partial charge in [-0.1, -0.05) is 26.3 Å². The Balaban J connectivity index is 2.20. The first-order valence-electron chi connectivity index (χ1n) is 8.79. The third-order valence-corrected chi connectivity index (χ3v) is 5.43. The van der Waals surface area contributed by atoms with Gasteiger partial charge in [0.1, 0.15) is 5.82 Å². The van der Waals surface area contributed by atoms with Gasteiger partial charge in [-0.15, -0.1) is 0 Å². The van der Waals surface area contributed by atoms with Gasteiger partial charge in [-0.2, -0.15) is 0 Å². The highest BCUT2D eigenvalue weighted by Gasteiger charge is 2.37. The SMILES string of the molecule is COC(=O)c1ccc(-c2cc(OC)ncc2F)c([C@@H]2CCCC2(C)C)c1. The summed E-state index contributed by atoms with van der Waals surface area (Å²) >= 11 is 0. The van der Waals surface area contributed by atoms with Crippen molar-refractivity contribution in [1.29, 1.82) is 0 Å². The molecule has 1 atom stereocenters. The van der Waals surface area contributed by atoms with E-state index in [9.17, 15) is 9.18 Å². The lowest BCUT2D eigenvalue weighted by Gasteiger charge is -2.29. The average Bonchev–Trinajstić information content (AvgIpc) is 3.00. The van der Waals surface area contributed by atoms with Crippen molar-refractivity contribution >= 4 is 5.97 Å². The standard InChI is InChI=1S/C21H24FNO3/c1-21(2)9-5-6-17(21)15-10-13(20(24)26-4)7-8-14(15)16-11-19(25-3)23-12-18(16)22/h7-8,10-12,17H,5-6,9H2,1-4H3/t17-/m0/s1. The number of pyridine rings is 1. The summed E-state index contributed by atoms with van der Waals surface area (Å²) in [5.41, 5.74) is 2.75. The van der Waals surface area contributed by atoms with Crippen molar-refractivity contribution in [1.82, 2.24) is 4.98 Å². The first-order chi connectivity index (χ1) is 12.4. The molecule has 0 unspecified atom stereocenters. The summed E-state index contributed by atoms with van der Waals surface area (Å²) in [6.45, 7) is 4.45. The Morgan fingerprint density at radius 3 is 2.62 bits per heavy atom. The summed E-state index contributed by atoms with van der Waals surface area (Å²) in [7, 11) is 2.87. The quantitative estimate of drug-likeness (QED) is 0.724. The van der Waals surface area contributed by atoms with Crippen LogP contribution in [0.4, 0.5) is 4.39 Å². The van der Waals surface area contributed by atoms with E-state index in [1.54, 1.807) is 18.2 Å². The molecule has 0 bridgehead atoms. The Kier molecular flexibility index (Phi) is 4.99. The minimum absolute atomic E-state index is 0.0804. The van der Waals surface area contributed by atoms with E-state index in [1.807, 2.05) is 6.07 Å². The first-order valence-corrected chi connectivity index (χ1v) is 8.79. The van der Waals surface area contributed by atoms with E-state index < -0.39 is 5.82 Å². The van der Waals surface area contributed by atoms with Crippen LogP contribution >= 0.6 is 0 Å². The molecule has 1 heterocycles. The Bertz CT molecular complexity index is 832. The minimum atomic E-state index is -0.409. The summed E-state index contributed by atoms with van der Waals surface area (Å²) < 4.78 is 24.6. The molecule has 1 aliphatic rings. The van der Waals surface area contributed by atoms with Crippen molar-refractivity contribution in [2.24, 2.45) is 5.41 Å². The number of aromatic nitrogens is 1. The molecule has 4 nitrogen and oxygen atoms in total. The maximum atomic E-state index is 14.6. The molecule has 1 fully saturated rings. The van der Waals surface area contributed by atoms with E-state index >= 15 is 0 Å². The second kappa shape index (κ2) is 7.06. The number of nitrogens with zero attached hydrogens (tertiary/aromatic N) is 1. The lowest BCUT2D eigenvalue weighted by molar-refractivity contribution is 0.0600. The molecule has 0 radical (unpaired) electrons. The molecule has 0 amide bonds. The van der Waals surface area contributed by atoms with Crippen LogP contribution in [-0.4, -0.2) is 25.2 Å². The third-order valence-electron chi connectivity index (χ3n) is 5.43. The van der Waals surface area contributed by atoms with E-state index in [1.165, 1.54) is 20.4 Å². The van der Waals surface area contributed by atoms with Crippen LogP contribution in [0, 0.1) is 11.2 Å². The molecule has 1 aromatic carbocycles. The van der Waals surface area contributed by atoms with Crippen molar-refractivity contribution in [3.8, 4) is 17.0 Å². The van der Waals surface area contributed by atoms with Crippen molar-refractivity contribution in [3.63, 3.8) is 0 Å². The van der Waals surface area contributed by atoms with Crippen LogP contribution in [0.3, 0.4) is 0 Å². The van der Waals surface area contributed by atoms with Crippen molar-refractivity contribution in [2.45, 2.75) is 39.0 Å². The highest BCUT2D eigenvalue weighted by Crippen LogP contribution is 2.51. The predicted octanol–water partition coefficient (Wildman–Crippen LogP) is 4.98. The Morgan fingerprint density at radius 1 is 1.23 bits per heavy atom. The minimum Gasteiger partial charge on any atom is -0.481 e. The summed E-state index contributed by atoms with van der Waals surface area (Å²) in [5.74, 6) is -0.203. The maximum absolute atomic E-state index is 14.6. The number of ether oxygens (including phenoxy) is 2. The van der Waals surface area contributed by atoms with Gasteiger partial charge in [-0.05, 0) is 47.4 Å². The average molecular weight is 357 g/mol. The monoisotopic (exact) mass is 357 g/mol. The summed E-state index contributed by atoms with van der Waals surface area (Å²) in [5, 5.41) is 0. The van der Waals surface area contributed by atoms with Crippen molar-refractivity contribution in [3.05, 3.63) is 47.4 Å². The number of carbonyl (C=O) groups is 1. The Hall–Kier alpha value is -2.43. The molecular formula is C21H24FNO3. The number of methoxy groups -OCH3 is 2. The van der Waals surface area contributed by atoms with E-state index in [0.717, 1.165) is 30.4 Å². The number of hydrogen-bond acceptors (Lipinski definition) is 4. The molecule has 0 saturated heterocycles. The van der Waals surface area contributed by atoms with Gasteiger partial charge in [-0.25, -0.2) is 14.2 Å². The highest BCUT2D eigenvalue weighted by atomic mass is 19.1. The second-order valence-electron chi connectivity index (χ2n) is 7.43. The van der Waals surface area contributed by atoms with Gasteiger partial charge in [-0.3, -0.25) is 0 Å². The molecule has 26 heavy (non-hydrogen) atoms. The summed E-state index contributed by atoms with van der Waals surface area (Å²) in [6, 6.07) is 6.94. The third kappa shape index (κ3) is 3.30. The van der Waals surface area contributed by atoms with E-state index in [0.29, 0.717) is 17.0 Å². The molecule has 3 rings (SSSR count). The van der Waals surface area contributed by atoms with E-state index in [4.69, 9.17) is 9.47 Å². The van der Waals surface area contributed by atoms with Gasteiger partial charge in [0.05, 0.1) is 26.0 Å². The van der Waals surface area contributed by atoms with Crippen molar-refractivity contribution in [2.75, 3.05) is 14.2 Å². The lowest BCUT2D eigenvalue weighted by atomic mass is 9.75. The smallest absolute Gasteiger partial charge is 0.337 e. The number of esters is 1. The number of rotatable bonds is 4. The van der Waals surface area contributed by atoms with Crippen LogP contribution in [0.1, 0.15) is 54.9 Å². The zero-order valence-corrected chi connectivity index (χ0v) is 15.6. The number of halogens is 1. The van der Waals surface area contributed by atoms with Crippen molar-refractivity contribution < 1.29 is 18.7 Å². The van der Waals surface area contributed by atoms with Crippen LogP contribution in [0.5, 0.6) is 5.88 Å². The predicted molar refractivity (Wildman–Crippen MR) is 97.9 cm³/mol. The fourth-order valence-corrected chi connectivity index (χ4v) is 3.98. The zero-order valence-electron chi connectivity index (χ0n) is 15.6. The van der Waals surface area contributed by atoms with Crippen LogP contribution in [0.15, 0.2) is 30.5 Å². The molecule has 1 saturated carbocycles. The topological polar surface area (TPSA) is 48.4 Å². The molecule has 0 spiro atoms. The molecule has 0 aliphatic heterocycles. The largest absolute Gasteiger partial charge is 0.481 e. The van der Waals surface area contributed by atoms with Gasteiger partial charge in [0.15, 0.2) is 0 Å². The van der Waals surface area contributed by atoms with E-state index in [-0.39, 0.29) is 17.3 Å². The van der Waals surface area contributed by atoms with Crippen LogP contribution in [0.2, 0.25) is 0 Å². The second-order valence-corrected chi connectivity index (χ2v) is 7.43. The Morgan fingerprint density at radius 2 is 2.00 bits per heavy atom. The molecule has 1 aromatic heterocycles. The van der Waals surface area contributed by atoms with E-state index in [2.05, 4.69) is 18.8 Å².